The second-order valence-electron chi connectivity index (χ2n) is 4.82. The minimum absolute atomic E-state index is 0.612. The molecule has 2 aliphatic rings. The fraction of sp³-hybridized carbons (Fsp3) is 1.00. The van der Waals surface area contributed by atoms with Gasteiger partial charge in [0.15, 0.2) is 0 Å². The predicted molar refractivity (Wildman–Crippen MR) is 60.0 cm³/mol. The molecule has 1 unspecified atom stereocenters. The molecule has 0 aromatic rings. The molecule has 1 saturated heterocycles. The van der Waals surface area contributed by atoms with E-state index < -0.39 is 0 Å². The van der Waals surface area contributed by atoms with E-state index in [0.717, 1.165) is 18.4 Å². The van der Waals surface area contributed by atoms with E-state index in [4.69, 9.17) is 5.73 Å². The van der Waals surface area contributed by atoms with Crippen LogP contribution in [-0.4, -0.2) is 17.0 Å². The molecule has 2 fully saturated rings. The normalized spacial score (nSPS) is 45.7. The van der Waals surface area contributed by atoms with Gasteiger partial charge in [-0.25, -0.2) is 0 Å². The molecule has 76 valence electrons. The molecule has 2 rings (SSSR count). The summed E-state index contributed by atoms with van der Waals surface area (Å²) in [5.74, 6) is 3.14. The van der Waals surface area contributed by atoms with Crippen molar-refractivity contribution in [3.05, 3.63) is 0 Å². The molecule has 1 spiro atoms. The van der Waals surface area contributed by atoms with Crippen LogP contribution >= 0.6 is 11.8 Å². The molecular formula is C11H21NS. The summed E-state index contributed by atoms with van der Waals surface area (Å²) in [6.07, 6.45) is 7.10. The Kier molecular flexibility index (Phi) is 2.89. The van der Waals surface area contributed by atoms with Crippen molar-refractivity contribution >= 4 is 11.8 Å². The topological polar surface area (TPSA) is 26.0 Å². The largest absolute Gasteiger partial charge is 0.330 e. The van der Waals surface area contributed by atoms with Crippen LogP contribution in [0.15, 0.2) is 0 Å². The molecule has 1 aliphatic carbocycles. The second kappa shape index (κ2) is 3.82. The van der Waals surface area contributed by atoms with Gasteiger partial charge in [0.25, 0.3) is 0 Å². The van der Waals surface area contributed by atoms with Gasteiger partial charge >= 0.3 is 0 Å². The monoisotopic (exact) mass is 199 g/mol. The fourth-order valence-electron chi connectivity index (χ4n) is 2.92. The van der Waals surface area contributed by atoms with Crippen molar-refractivity contribution in [2.45, 2.75) is 43.8 Å². The van der Waals surface area contributed by atoms with Crippen LogP contribution in [0.25, 0.3) is 0 Å². The first kappa shape index (κ1) is 9.85. The van der Waals surface area contributed by atoms with E-state index in [1.165, 1.54) is 37.9 Å². The maximum atomic E-state index is 5.86. The highest BCUT2D eigenvalue weighted by Crippen LogP contribution is 2.52. The SMILES string of the molecule is CC1CCC2(CC1)SCCC2CN. The van der Waals surface area contributed by atoms with Crippen LogP contribution < -0.4 is 5.73 Å². The van der Waals surface area contributed by atoms with Crippen molar-refractivity contribution in [1.82, 2.24) is 0 Å². The Morgan fingerprint density at radius 3 is 2.62 bits per heavy atom. The summed E-state index contributed by atoms with van der Waals surface area (Å²) in [7, 11) is 0. The smallest absolute Gasteiger partial charge is 0.0200 e. The van der Waals surface area contributed by atoms with Crippen LogP contribution in [0.1, 0.15) is 39.0 Å². The number of hydrogen-bond donors (Lipinski definition) is 1. The van der Waals surface area contributed by atoms with E-state index in [0.29, 0.717) is 4.75 Å². The van der Waals surface area contributed by atoms with Crippen LogP contribution in [-0.2, 0) is 0 Å². The molecule has 0 aromatic heterocycles. The van der Waals surface area contributed by atoms with Gasteiger partial charge in [-0.05, 0) is 56.2 Å². The van der Waals surface area contributed by atoms with Gasteiger partial charge in [0.05, 0.1) is 0 Å². The van der Waals surface area contributed by atoms with Crippen molar-refractivity contribution in [2.24, 2.45) is 17.6 Å². The maximum Gasteiger partial charge on any atom is 0.0200 e. The van der Waals surface area contributed by atoms with Crippen LogP contribution in [0.2, 0.25) is 0 Å². The van der Waals surface area contributed by atoms with Crippen molar-refractivity contribution < 1.29 is 0 Å². The lowest BCUT2D eigenvalue weighted by molar-refractivity contribution is 0.256. The summed E-state index contributed by atoms with van der Waals surface area (Å²) in [6, 6.07) is 0. The lowest BCUT2D eigenvalue weighted by Gasteiger charge is -2.39. The predicted octanol–water partition coefficient (Wildman–Crippen LogP) is 2.65. The maximum absolute atomic E-state index is 5.86. The standard InChI is InChI=1S/C11H21NS/c1-9-2-5-11(6-3-9)10(8-12)4-7-13-11/h9-10H,2-8,12H2,1H3. The molecule has 0 radical (unpaired) electrons. The molecule has 13 heavy (non-hydrogen) atoms. The average Bonchev–Trinajstić information content (AvgIpc) is 2.54. The summed E-state index contributed by atoms with van der Waals surface area (Å²) in [5.41, 5.74) is 5.86. The van der Waals surface area contributed by atoms with E-state index in [1.807, 2.05) is 0 Å². The molecule has 1 saturated carbocycles. The van der Waals surface area contributed by atoms with Gasteiger partial charge in [0.1, 0.15) is 0 Å². The first-order valence-corrected chi connectivity index (χ1v) is 6.59. The zero-order chi connectivity index (χ0) is 9.31. The van der Waals surface area contributed by atoms with Crippen molar-refractivity contribution in [2.75, 3.05) is 12.3 Å². The van der Waals surface area contributed by atoms with Crippen molar-refractivity contribution in [1.29, 1.82) is 0 Å². The van der Waals surface area contributed by atoms with E-state index >= 15 is 0 Å². The average molecular weight is 199 g/mol. The Labute approximate surface area is 85.8 Å². The van der Waals surface area contributed by atoms with Crippen LogP contribution in [0.5, 0.6) is 0 Å². The minimum atomic E-state index is 0.612. The Morgan fingerprint density at radius 2 is 2.00 bits per heavy atom. The third-order valence-electron chi connectivity index (χ3n) is 4.00. The van der Waals surface area contributed by atoms with Crippen molar-refractivity contribution in [3.63, 3.8) is 0 Å². The molecule has 2 heteroatoms. The summed E-state index contributed by atoms with van der Waals surface area (Å²) >= 11 is 2.22. The highest BCUT2D eigenvalue weighted by molar-refractivity contribution is 8.00. The Morgan fingerprint density at radius 1 is 1.31 bits per heavy atom. The van der Waals surface area contributed by atoms with Gasteiger partial charge in [-0.2, -0.15) is 11.8 Å². The molecule has 0 amide bonds. The van der Waals surface area contributed by atoms with Crippen molar-refractivity contribution in [3.8, 4) is 0 Å². The molecule has 1 aliphatic heterocycles. The first-order chi connectivity index (χ1) is 6.27. The van der Waals surface area contributed by atoms with Gasteiger partial charge in [-0.15, -0.1) is 0 Å². The zero-order valence-corrected chi connectivity index (χ0v) is 9.41. The van der Waals surface area contributed by atoms with Gasteiger partial charge < -0.3 is 5.73 Å². The summed E-state index contributed by atoms with van der Waals surface area (Å²) in [6.45, 7) is 3.31. The van der Waals surface area contributed by atoms with Crippen LogP contribution in [0.3, 0.4) is 0 Å². The molecule has 1 atom stereocenters. The third kappa shape index (κ3) is 1.75. The number of thioether (sulfide) groups is 1. The third-order valence-corrected chi connectivity index (χ3v) is 5.76. The summed E-state index contributed by atoms with van der Waals surface area (Å²) in [5, 5.41) is 0. The lowest BCUT2D eigenvalue weighted by atomic mass is 9.75. The summed E-state index contributed by atoms with van der Waals surface area (Å²) in [4.78, 5) is 0. The second-order valence-corrected chi connectivity index (χ2v) is 6.33. The molecule has 1 heterocycles. The Balaban J connectivity index is 2.02. The number of rotatable bonds is 1. The quantitative estimate of drug-likeness (QED) is 0.702. The zero-order valence-electron chi connectivity index (χ0n) is 8.59. The Hall–Kier alpha value is 0.310. The number of nitrogens with two attached hydrogens (primary N) is 1. The van der Waals surface area contributed by atoms with Crippen LogP contribution in [0, 0.1) is 11.8 Å². The van der Waals surface area contributed by atoms with Gasteiger partial charge in [-0.3, -0.25) is 0 Å². The molecular weight excluding hydrogens is 178 g/mol. The van der Waals surface area contributed by atoms with Gasteiger partial charge in [0, 0.05) is 4.75 Å². The van der Waals surface area contributed by atoms with E-state index in [1.54, 1.807) is 0 Å². The van der Waals surface area contributed by atoms with E-state index in [9.17, 15) is 0 Å². The number of hydrogen-bond acceptors (Lipinski definition) is 2. The molecule has 2 N–H and O–H groups in total. The Bertz CT molecular complexity index is 173. The molecule has 0 bridgehead atoms. The van der Waals surface area contributed by atoms with E-state index in [-0.39, 0.29) is 0 Å². The summed E-state index contributed by atoms with van der Waals surface area (Å²) < 4.78 is 0.612. The van der Waals surface area contributed by atoms with Gasteiger partial charge in [-0.1, -0.05) is 6.92 Å². The molecule has 1 nitrogen and oxygen atoms in total. The van der Waals surface area contributed by atoms with E-state index in [2.05, 4.69) is 18.7 Å². The highest BCUT2D eigenvalue weighted by Gasteiger charge is 2.44. The minimum Gasteiger partial charge on any atom is -0.330 e. The van der Waals surface area contributed by atoms with Crippen LogP contribution in [0.4, 0.5) is 0 Å². The fourth-order valence-corrected chi connectivity index (χ4v) is 4.70. The first-order valence-electron chi connectivity index (χ1n) is 5.61. The van der Waals surface area contributed by atoms with Gasteiger partial charge in [0.2, 0.25) is 0 Å². The highest BCUT2D eigenvalue weighted by atomic mass is 32.2. The lowest BCUT2D eigenvalue weighted by Crippen LogP contribution is -2.38. The molecule has 0 aromatic carbocycles.